The van der Waals surface area contributed by atoms with E-state index in [9.17, 15) is 4.79 Å². The number of ketones is 1. The molecule has 1 atom stereocenters. The molecule has 0 bridgehead atoms. The minimum atomic E-state index is 0.0687. The second kappa shape index (κ2) is 6.45. The highest BCUT2D eigenvalue weighted by Gasteiger charge is 2.21. The number of fused-ring (bicyclic) bond motifs is 1. The van der Waals surface area contributed by atoms with Crippen LogP contribution < -0.4 is 0 Å². The first kappa shape index (κ1) is 15.0. The maximum Gasteiger partial charge on any atom is 0.130 e. The van der Waals surface area contributed by atoms with Crippen LogP contribution in [0.1, 0.15) is 30.4 Å². The number of hydrogen-bond acceptors (Lipinski definition) is 1. The summed E-state index contributed by atoms with van der Waals surface area (Å²) in [6, 6.07) is 22.8. The molecule has 0 fully saturated rings. The minimum absolute atomic E-state index is 0.0687. The Bertz CT molecular complexity index is 808. The number of carbonyl (C=O) groups is 1. The molecule has 3 aromatic rings. The molecule has 0 aliphatic heterocycles. The van der Waals surface area contributed by atoms with E-state index in [1.54, 1.807) is 6.92 Å². The lowest BCUT2D eigenvalue weighted by Gasteiger charge is -2.20. The van der Waals surface area contributed by atoms with Gasteiger partial charge in [-0.05, 0) is 34.9 Å². The zero-order valence-corrected chi connectivity index (χ0v) is 14.0. The molecule has 0 amide bonds. The fourth-order valence-corrected chi connectivity index (χ4v) is 3.60. The Hall–Kier alpha value is -1.93. The average Bonchev–Trinajstić information content (AvgIpc) is 2.54. The van der Waals surface area contributed by atoms with Gasteiger partial charge in [0.05, 0.1) is 0 Å². The van der Waals surface area contributed by atoms with E-state index in [4.69, 9.17) is 0 Å². The largest absolute Gasteiger partial charge is 0.300 e. The third-order valence-corrected chi connectivity index (χ3v) is 4.65. The number of carbonyl (C=O) groups excluding carboxylic acids is 1. The molecule has 2 heteroatoms. The summed E-state index contributed by atoms with van der Waals surface area (Å²) in [5.74, 6) is 0.271. The van der Waals surface area contributed by atoms with Crippen LogP contribution in [0.3, 0.4) is 0 Å². The van der Waals surface area contributed by atoms with Crippen LogP contribution in [0.5, 0.6) is 0 Å². The second-order valence-electron chi connectivity index (χ2n) is 5.55. The highest BCUT2D eigenvalue weighted by molar-refractivity contribution is 9.10. The first-order valence-electron chi connectivity index (χ1n) is 7.38. The van der Waals surface area contributed by atoms with Crippen LogP contribution in [0, 0.1) is 0 Å². The summed E-state index contributed by atoms with van der Waals surface area (Å²) < 4.78 is 1.06. The monoisotopic (exact) mass is 352 g/mol. The van der Waals surface area contributed by atoms with Crippen molar-refractivity contribution in [3.05, 3.63) is 82.3 Å². The molecule has 3 rings (SSSR count). The van der Waals surface area contributed by atoms with Crippen LogP contribution in [0.15, 0.2) is 71.2 Å². The highest BCUT2D eigenvalue weighted by atomic mass is 79.9. The molecule has 0 aliphatic rings. The molecular formula is C20H17BrO. The fraction of sp³-hybridized carbons (Fsp3) is 0.150. The van der Waals surface area contributed by atoms with E-state index in [1.807, 2.05) is 30.3 Å². The van der Waals surface area contributed by atoms with Crippen LogP contribution in [-0.4, -0.2) is 5.78 Å². The van der Waals surface area contributed by atoms with E-state index >= 15 is 0 Å². The summed E-state index contributed by atoms with van der Waals surface area (Å²) in [5.41, 5.74) is 2.37. The number of benzene rings is 3. The molecule has 0 heterocycles. The molecule has 0 spiro atoms. The molecule has 0 saturated carbocycles. The van der Waals surface area contributed by atoms with Crippen molar-refractivity contribution in [3.8, 4) is 0 Å². The van der Waals surface area contributed by atoms with Gasteiger partial charge in [-0.2, -0.15) is 0 Å². The van der Waals surface area contributed by atoms with Crippen molar-refractivity contribution in [1.82, 2.24) is 0 Å². The predicted molar refractivity (Wildman–Crippen MR) is 95.2 cm³/mol. The van der Waals surface area contributed by atoms with Crippen molar-refractivity contribution in [2.24, 2.45) is 0 Å². The summed E-state index contributed by atoms with van der Waals surface area (Å²) in [7, 11) is 0. The minimum Gasteiger partial charge on any atom is -0.300 e. The van der Waals surface area contributed by atoms with Crippen molar-refractivity contribution in [2.75, 3.05) is 0 Å². The van der Waals surface area contributed by atoms with Gasteiger partial charge in [0.1, 0.15) is 5.78 Å². The normalized spacial score (nSPS) is 12.3. The van der Waals surface area contributed by atoms with E-state index in [-0.39, 0.29) is 11.7 Å². The standard InChI is InChI=1S/C20H17BrO/c1-14(22)13-18(15-7-3-2-4-8-15)20-17-10-6-5-9-16(17)11-12-19(20)21/h2-12,18H,13H2,1H3. The number of Topliss-reactive ketones (excluding diaryl/α,β-unsaturated/α-hetero) is 1. The quantitative estimate of drug-likeness (QED) is 0.587. The van der Waals surface area contributed by atoms with E-state index in [0.717, 1.165) is 4.47 Å². The molecule has 3 aromatic carbocycles. The van der Waals surface area contributed by atoms with Gasteiger partial charge in [0.25, 0.3) is 0 Å². The zero-order valence-electron chi connectivity index (χ0n) is 12.4. The first-order chi connectivity index (χ1) is 10.7. The van der Waals surface area contributed by atoms with Crippen LogP contribution in [0.2, 0.25) is 0 Å². The highest BCUT2D eigenvalue weighted by Crippen LogP contribution is 2.38. The Kier molecular flexibility index (Phi) is 4.39. The first-order valence-corrected chi connectivity index (χ1v) is 8.17. The molecule has 22 heavy (non-hydrogen) atoms. The summed E-state index contributed by atoms with van der Waals surface area (Å²) >= 11 is 3.69. The molecule has 0 radical (unpaired) electrons. The van der Waals surface area contributed by atoms with E-state index in [1.165, 1.54) is 21.9 Å². The van der Waals surface area contributed by atoms with Gasteiger partial charge in [0.2, 0.25) is 0 Å². The van der Waals surface area contributed by atoms with Crippen LogP contribution >= 0.6 is 15.9 Å². The van der Waals surface area contributed by atoms with Gasteiger partial charge in [-0.3, -0.25) is 4.79 Å². The Balaban J connectivity index is 2.24. The molecule has 1 nitrogen and oxygen atoms in total. The molecule has 0 aromatic heterocycles. The molecule has 0 N–H and O–H groups in total. The maximum absolute atomic E-state index is 11.8. The molecule has 110 valence electrons. The average molecular weight is 353 g/mol. The topological polar surface area (TPSA) is 17.1 Å². The van der Waals surface area contributed by atoms with Crippen molar-refractivity contribution >= 4 is 32.5 Å². The number of hydrogen-bond donors (Lipinski definition) is 0. The summed E-state index contributed by atoms with van der Waals surface area (Å²) in [4.78, 5) is 11.8. The van der Waals surface area contributed by atoms with Crippen molar-refractivity contribution in [3.63, 3.8) is 0 Å². The van der Waals surface area contributed by atoms with Gasteiger partial charge in [-0.1, -0.05) is 76.6 Å². The third-order valence-electron chi connectivity index (χ3n) is 3.96. The molecular weight excluding hydrogens is 336 g/mol. The van der Waals surface area contributed by atoms with E-state index < -0.39 is 0 Å². The number of halogens is 1. The molecule has 0 saturated heterocycles. The number of rotatable bonds is 4. The summed E-state index contributed by atoms with van der Waals surface area (Å²) in [6.07, 6.45) is 0.511. The summed E-state index contributed by atoms with van der Waals surface area (Å²) in [6.45, 7) is 1.66. The lowest BCUT2D eigenvalue weighted by molar-refractivity contribution is -0.117. The Morgan fingerprint density at radius 3 is 2.36 bits per heavy atom. The molecule has 0 aliphatic carbocycles. The van der Waals surface area contributed by atoms with Crippen molar-refractivity contribution in [1.29, 1.82) is 0 Å². The third kappa shape index (κ3) is 2.97. The van der Waals surface area contributed by atoms with Crippen LogP contribution in [0.25, 0.3) is 10.8 Å². The predicted octanol–water partition coefficient (Wildman–Crippen LogP) is 5.71. The SMILES string of the molecule is CC(=O)CC(c1ccccc1)c1c(Br)ccc2ccccc12. The van der Waals surface area contributed by atoms with Crippen molar-refractivity contribution < 1.29 is 4.79 Å². The Labute approximate surface area is 139 Å². The van der Waals surface area contributed by atoms with Gasteiger partial charge in [-0.25, -0.2) is 0 Å². The van der Waals surface area contributed by atoms with Gasteiger partial charge < -0.3 is 0 Å². The van der Waals surface area contributed by atoms with E-state index in [2.05, 4.69) is 52.3 Å². The van der Waals surface area contributed by atoms with Crippen molar-refractivity contribution in [2.45, 2.75) is 19.3 Å². The molecule has 1 unspecified atom stereocenters. The Morgan fingerprint density at radius 2 is 1.64 bits per heavy atom. The smallest absolute Gasteiger partial charge is 0.130 e. The fourth-order valence-electron chi connectivity index (χ4n) is 2.98. The maximum atomic E-state index is 11.8. The van der Waals surface area contributed by atoms with Gasteiger partial charge in [-0.15, -0.1) is 0 Å². The zero-order chi connectivity index (χ0) is 15.5. The van der Waals surface area contributed by atoms with Gasteiger partial charge in [0.15, 0.2) is 0 Å². The second-order valence-corrected chi connectivity index (χ2v) is 6.41. The lowest BCUT2D eigenvalue weighted by atomic mass is 9.84. The van der Waals surface area contributed by atoms with Crippen LogP contribution in [0.4, 0.5) is 0 Å². The van der Waals surface area contributed by atoms with Gasteiger partial charge >= 0.3 is 0 Å². The van der Waals surface area contributed by atoms with Crippen LogP contribution in [-0.2, 0) is 4.79 Å². The Morgan fingerprint density at radius 1 is 0.955 bits per heavy atom. The van der Waals surface area contributed by atoms with E-state index in [0.29, 0.717) is 6.42 Å². The van der Waals surface area contributed by atoms with Gasteiger partial charge in [0, 0.05) is 16.8 Å². The summed E-state index contributed by atoms with van der Waals surface area (Å²) in [5, 5.41) is 2.40. The lowest BCUT2D eigenvalue weighted by Crippen LogP contribution is -2.07.